The van der Waals surface area contributed by atoms with Crippen LogP contribution < -0.4 is 9.46 Å². The summed E-state index contributed by atoms with van der Waals surface area (Å²) in [5.41, 5.74) is 0.277. The highest BCUT2D eigenvalue weighted by molar-refractivity contribution is 14.1. The van der Waals surface area contributed by atoms with Gasteiger partial charge < -0.3 is 4.74 Å². The third-order valence-corrected chi connectivity index (χ3v) is 5.59. The number of ether oxygens (including phenoxy) is 1. The van der Waals surface area contributed by atoms with Crippen molar-refractivity contribution in [3.8, 4) is 11.5 Å². The van der Waals surface area contributed by atoms with Crippen LogP contribution in [-0.2, 0) is 10.0 Å². The predicted molar refractivity (Wildman–Crippen MR) is 106 cm³/mol. The summed E-state index contributed by atoms with van der Waals surface area (Å²) in [7, 11) is -3.71. The molecular weight excluding hydrogens is 475 g/mol. The van der Waals surface area contributed by atoms with E-state index >= 15 is 0 Å². The molecule has 0 saturated carbocycles. The highest BCUT2D eigenvalue weighted by Crippen LogP contribution is 2.31. The van der Waals surface area contributed by atoms with Gasteiger partial charge in [-0.1, -0.05) is 11.6 Å². The first kappa shape index (κ1) is 18.0. The fourth-order valence-corrected chi connectivity index (χ4v) is 3.72. The summed E-state index contributed by atoms with van der Waals surface area (Å²) in [6.45, 7) is 0. The first-order chi connectivity index (χ1) is 11.9. The van der Waals surface area contributed by atoms with E-state index in [1.807, 2.05) is 0 Å². The van der Waals surface area contributed by atoms with E-state index in [0.717, 1.165) is 3.57 Å². The Kier molecular flexibility index (Phi) is 5.45. The molecule has 0 amide bonds. The van der Waals surface area contributed by atoms with E-state index in [4.69, 9.17) is 16.3 Å². The number of aromatic nitrogens is 1. The Morgan fingerprint density at radius 2 is 1.80 bits per heavy atom. The molecule has 1 aromatic heterocycles. The van der Waals surface area contributed by atoms with Crippen molar-refractivity contribution in [3.63, 3.8) is 0 Å². The van der Waals surface area contributed by atoms with E-state index < -0.39 is 10.0 Å². The van der Waals surface area contributed by atoms with Gasteiger partial charge in [0.2, 0.25) is 0 Å². The van der Waals surface area contributed by atoms with E-state index in [1.54, 1.807) is 54.9 Å². The van der Waals surface area contributed by atoms with Crippen molar-refractivity contribution in [1.29, 1.82) is 0 Å². The Balaban J connectivity index is 1.80. The van der Waals surface area contributed by atoms with Crippen LogP contribution in [0, 0.1) is 3.57 Å². The van der Waals surface area contributed by atoms with Gasteiger partial charge in [-0.25, -0.2) is 8.42 Å². The molecule has 0 unspecified atom stereocenters. The number of hydrogen-bond donors (Lipinski definition) is 1. The molecule has 0 spiro atoms. The molecule has 8 heteroatoms. The minimum absolute atomic E-state index is 0.166. The lowest BCUT2D eigenvalue weighted by Gasteiger charge is -2.11. The fourth-order valence-electron chi connectivity index (χ4n) is 2.00. The summed E-state index contributed by atoms with van der Waals surface area (Å²) >= 11 is 8.30. The summed E-state index contributed by atoms with van der Waals surface area (Å²) in [5, 5.41) is 0.232. The van der Waals surface area contributed by atoms with Crippen molar-refractivity contribution in [3.05, 3.63) is 75.6 Å². The average Bonchev–Trinajstić information content (AvgIpc) is 2.59. The number of nitrogens with one attached hydrogen (secondary N) is 1. The van der Waals surface area contributed by atoms with Crippen molar-refractivity contribution in [1.82, 2.24) is 4.98 Å². The Morgan fingerprint density at radius 1 is 1.04 bits per heavy atom. The minimum atomic E-state index is -3.71. The quantitative estimate of drug-likeness (QED) is 0.519. The van der Waals surface area contributed by atoms with Crippen molar-refractivity contribution in [2.75, 3.05) is 4.72 Å². The summed E-state index contributed by atoms with van der Waals surface area (Å²) in [5.74, 6) is 1.04. The van der Waals surface area contributed by atoms with Crippen LogP contribution in [0.5, 0.6) is 11.5 Å². The zero-order valence-electron chi connectivity index (χ0n) is 12.7. The lowest BCUT2D eigenvalue weighted by molar-refractivity contribution is 0.480. The zero-order chi connectivity index (χ0) is 17.9. The van der Waals surface area contributed by atoms with Crippen LogP contribution in [0.15, 0.2) is 71.9 Å². The van der Waals surface area contributed by atoms with Crippen LogP contribution in [0.2, 0.25) is 5.02 Å². The molecule has 0 aliphatic heterocycles. The van der Waals surface area contributed by atoms with Crippen LogP contribution in [0.4, 0.5) is 5.69 Å². The number of rotatable bonds is 5. The van der Waals surface area contributed by atoms with Crippen molar-refractivity contribution in [2.45, 2.75) is 4.90 Å². The number of hydrogen-bond acceptors (Lipinski definition) is 4. The van der Waals surface area contributed by atoms with Crippen LogP contribution in [-0.4, -0.2) is 13.4 Å². The summed E-state index contributed by atoms with van der Waals surface area (Å²) in [6.07, 6.45) is 3.21. The molecular formula is C17H12ClIN2O3S. The topological polar surface area (TPSA) is 68.3 Å². The number of halogens is 2. The third kappa shape index (κ3) is 4.62. The van der Waals surface area contributed by atoms with Crippen LogP contribution in [0.25, 0.3) is 0 Å². The number of benzene rings is 2. The highest BCUT2D eigenvalue weighted by atomic mass is 127. The van der Waals surface area contributed by atoms with Crippen molar-refractivity contribution in [2.24, 2.45) is 0 Å². The maximum absolute atomic E-state index is 12.4. The van der Waals surface area contributed by atoms with Crippen molar-refractivity contribution < 1.29 is 13.2 Å². The van der Waals surface area contributed by atoms with Gasteiger partial charge in [-0.3, -0.25) is 9.71 Å². The van der Waals surface area contributed by atoms with Crippen molar-refractivity contribution >= 4 is 49.9 Å². The first-order valence-corrected chi connectivity index (χ1v) is 10.0. The van der Waals surface area contributed by atoms with Gasteiger partial charge in [0.05, 0.1) is 21.8 Å². The zero-order valence-corrected chi connectivity index (χ0v) is 16.4. The molecule has 3 aromatic rings. The van der Waals surface area contributed by atoms with Gasteiger partial charge in [-0.05, 0) is 71.1 Å². The van der Waals surface area contributed by atoms with Gasteiger partial charge in [-0.2, -0.15) is 0 Å². The second kappa shape index (κ2) is 7.59. The Bertz CT molecular complexity index is 981. The molecule has 0 atom stereocenters. The molecule has 5 nitrogen and oxygen atoms in total. The highest BCUT2D eigenvalue weighted by Gasteiger charge is 2.16. The van der Waals surface area contributed by atoms with E-state index in [-0.39, 0.29) is 15.6 Å². The number of sulfonamides is 1. The number of nitrogens with zero attached hydrogens (tertiary/aromatic N) is 1. The second-order valence-electron chi connectivity index (χ2n) is 4.99. The normalized spacial score (nSPS) is 11.1. The summed E-state index contributed by atoms with van der Waals surface area (Å²) < 4.78 is 33.9. The molecule has 1 N–H and O–H groups in total. The molecule has 1 heterocycles. The molecule has 3 rings (SSSR count). The summed E-state index contributed by atoms with van der Waals surface area (Å²) in [4.78, 5) is 4.13. The lowest BCUT2D eigenvalue weighted by Crippen LogP contribution is -2.13. The maximum atomic E-state index is 12.4. The predicted octanol–water partition coefficient (Wildman–Crippen LogP) is 4.93. The lowest BCUT2D eigenvalue weighted by atomic mass is 10.3. The minimum Gasteiger partial charge on any atom is -0.456 e. The van der Waals surface area contributed by atoms with Crippen LogP contribution in [0.1, 0.15) is 0 Å². The summed E-state index contributed by atoms with van der Waals surface area (Å²) in [6, 6.07) is 14.8. The second-order valence-corrected chi connectivity index (χ2v) is 8.33. The molecule has 0 fully saturated rings. The Labute approximate surface area is 164 Å². The van der Waals surface area contributed by atoms with Crippen LogP contribution >= 0.6 is 34.2 Å². The van der Waals surface area contributed by atoms with E-state index in [2.05, 4.69) is 32.3 Å². The average molecular weight is 487 g/mol. The SMILES string of the molecule is O=S(=O)(Nc1ccc(Oc2cccnc2)cc1Cl)c1ccc(I)cc1. The van der Waals surface area contributed by atoms with Gasteiger partial charge in [0, 0.05) is 15.8 Å². The molecule has 25 heavy (non-hydrogen) atoms. The molecule has 0 saturated heterocycles. The van der Waals surface area contributed by atoms with Gasteiger partial charge >= 0.3 is 0 Å². The first-order valence-electron chi connectivity index (χ1n) is 7.10. The van der Waals surface area contributed by atoms with Gasteiger partial charge in [0.25, 0.3) is 10.0 Å². The van der Waals surface area contributed by atoms with E-state index in [9.17, 15) is 8.42 Å². The van der Waals surface area contributed by atoms with Gasteiger partial charge in [0.1, 0.15) is 11.5 Å². The van der Waals surface area contributed by atoms with Gasteiger partial charge in [-0.15, -0.1) is 0 Å². The monoisotopic (exact) mass is 486 g/mol. The maximum Gasteiger partial charge on any atom is 0.261 e. The molecule has 0 bridgehead atoms. The standard InChI is InChI=1S/C17H12ClIN2O3S/c18-16-10-13(24-14-2-1-9-20-11-14)5-8-17(16)21-25(22,23)15-6-3-12(19)4-7-15/h1-11,21H. The molecule has 0 aliphatic rings. The molecule has 0 aliphatic carbocycles. The van der Waals surface area contributed by atoms with E-state index in [0.29, 0.717) is 11.5 Å². The Hall–Kier alpha value is -1.84. The molecule has 128 valence electrons. The number of anilines is 1. The smallest absolute Gasteiger partial charge is 0.261 e. The van der Waals surface area contributed by atoms with Gasteiger partial charge in [0.15, 0.2) is 0 Å². The molecule has 2 aromatic carbocycles. The fraction of sp³-hybridized carbons (Fsp3) is 0. The number of pyridine rings is 1. The van der Waals surface area contributed by atoms with Crippen LogP contribution in [0.3, 0.4) is 0 Å². The Morgan fingerprint density at radius 3 is 2.44 bits per heavy atom. The van der Waals surface area contributed by atoms with E-state index in [1.165, 1.54) is 12.1 Å². The molecule has 0 radical (unpaired) electrons. The largest absolute Gasteiger partial charge is 0.456 e. The third-order valence-electron chi connectivity index (χ3n) is 3.18.